The van der Waals surface area contributed by atoms with Crippen molar-refractivity contribution in [2.24, 2.45) is 0 Å². The Morgan fingerprint density at radius 2 is 1.72 bits per heavy atom. The summed E-state index contributed by atoms with van der Waals surface area (Å²) in [6, 6.07) is 8.68. The Bertz CT molecular complexity index is 912. The van der Waals surface area contributed by atoms with Gasteiger partial charge in [0, 0.05) is 11.1 Å². The van der Waals surface area contributed by atoms with Crippen LogP contribution in [0.25, 0.3) is 0 Å². The van der Waals surface area contributed by atoms with Crippen molar-refractivity contribution in [3.63, 3.8) is 0 Å². The van der Waals surface area contributed by atoms with Crippen LogP contribution in [-0.2, 0) is 19.4 Å². The van der Waals surface area contributed by atoms with Crippen LogP contribution in [0.15, 0.2) is 41.3 Å². The van der Waals surface area contributed by atoms with Gasteiger partial charge < -0.3 is 9.47 Å². The Hall–Kier alpha value is -1.47. The smallest absolute Gasteiger partial charge is 0.324 e. The molecule has 0 saturated carbocycles. The molecule has 0 amide bonds. The average Bonchev–Trinajstić information content (AvgIpc) is 2.57. The molecule has 0 N–H and O–H groups in total. The highest BCUT2D eigenvalue weighted by Gasteiger charge is 2.32. The Morgan fingerprint density at radius 3 is 2.32 bits per heavy atom. The molecule has 0 aliphatic carbocycles. The molecule has 134 valence electrons. The van der Waals surface area contributed by atoms with E-state index in [1.165, 1.54) is 31.2 Å². The van der Waals surface area contributed by atoms with Gasteiger partial charge in [0.2, 0.25) is 0 Å². The number of rotatable bonds is 5. The van der Waals surface area contributed by atoms with Crippen LogP contribution in [0.3, 0.4) is 0 Å². The topological polar surface area (TPSA) is 69.7 Å². The van der Waals surface area contributed by atoms with Crippen molar-refractivity contribution in [2.45, 2.75) is 17.1 Å². The van der Waals surface area contributed by atoms with Crippen molar-refractivity contribution < 1.29 is 22.7 Å². The predicted molar refractivity (Wildman–Crippen MR) is 96.7 cm³/mol. The first kappa shape index (κ1) is 19.8. The van der Waals surface area contributed by atoms with E-state index in [4.69, 9.17) is 39.5 Å². The molecule has 1 unspecified atom stereocenters. The van der Waals surface area contributed by atoms with Crippen LogP contribution < -0.4 is 4.74 Å². The highest BCUT2D eigenvalue weighted by atomic mass is 35.5. The molecule has 2 aromatic rings. The predicted octanol–water partition coefficient (Wildman–Crippen LogP) is 4.77. The number of esters is 1. The van der Waals surface area contributed by atoms with Crippen molar-refractivity contribution in [3.05, 3.63) is 51.5 Å². The molecule has 0 radical (unpaired) electrons. The first-order valence-electron chi connectivity index (χ1n) is 6.91. The Balaban J connectivity index is 2.42. The van der Waals surface area contributed by atoms with Crippen LogP contribution in [0.4, 0.5) is 0 Å². The van der Waals surface area contributed by atoms with E-state index in [0.717, 1.165) is 7.11 Å². The SMILES string of the molecule is COC(=O)C(C)S(=O)(=O)c1cc(Oc2ccc(Cl)cc2Cl)ccc1Cl. The molecule has 0 bridgehead atoms. The number of methoxy groups -OCH3 is 1. The number of halogens is 3. The molecular weight excluding hydrogens is 411 g/mol. The van der Waals surface area contributed by atoms with Crippen LogP contribution in [0.1, 0.15) is 6.92 Å². The molecule has 5 nitrogen and oxygen atoms in total. The summed E-state index contributed by atoms with van der Waals surface area (Å²) in [7, 11) is -2.94. The second kappa shape index (κ2) is 7.83. The van der Waals surface area contributed by atoms with E-state index >= 15 is 0 Å². The highest BCUT2D eigenvalue weighted by molar-refractivity contribution is 7.92. The summed E-state index contributed by atoms with van der Waals surface area (Å²) in [4.78, 5) is 11.3. The summed E-state index contributed by atoms with van der Waals surface area (Å²) in [5.41, 5.74) is 0. The minimum atomic E-state index is -4.05. The first-order valence-corrected chi connectivity index (χ1v) is 9.59. The molecule has 25 heavy (non-hydrogen) atoms. The number of carbonyl (C=O) groups excluding carboxylic acids is 1. The third-order valence-electron chi connectivity index (χ3n) is 3.33. The van der Waals surface area contributed by atoms with Crippen molar-refractivity contribution in [3.8, 4) is 11.5 Å². The standard InChI is InChI=1S/C16H13Cl3O5S/c1-9(16(20)23-2)25(21,22)15-8-11(4-5-12(15)18)24-14-6-3-10(17)7-13(14)19/h3-9H,1-2H3. The monoisotopic (exact) mass is 422 g/mol. The molecular formula is C16H13Cl3O5S. The lowest BCUT2D eigenvalue weighted by Gasteiger charge is -2.14. The van der Waals surface area contributed by atoms with E-state index in [1.807, 2.05) is 0 Å². The molecule has 2 aromatic carbocycles. The molecule has 2 rings (SSSR count). The van der Waals surface area contributed by atoms with E-state index in [1.54, 1.807) is 12.1 Å². The zero-order chi connectivity index (χ0) is 18.8. The number of hydrogen-bond donors (Lipinski definition) is 0. The molecule has 0 heterocycles. The van der Waals surface area contributed by atoms with E-state index in [9.17, 15) is 13.2 Å². The number of hydrogen-bond acceptors (Lipinski definition) is 5. The van der Waals surface area contributed by atoms with Crippen LogP contribution in [-0.4, -0.2) is 26.7 Å². The second-order valence-electron chi connectivity index (χ2n) is 4.98. The average molecular weight is 424 g/mol. The summed E-state index contributed by atoms with van der Waals surface area (Å²) in [6.07, 6.45) is 0. The van der Waals surface area contributed by atoms with Crippen molar-refractivity contribution in [1.29, 1.82) is 0 Å². The third kappa shape index (κ3) is 4.39. The Kier molecular flexibility index (Phi) is 6.21. The number of carbonyl (C=O) groups is 1. The zero-order valence-electron chi connectivity index (χ0n) is 13.1. The van der Waals surface area contributed by atoms with Crippen molar-refractivity contribution in [2.75, 3.05) is 7.11 Å². The number of benzene rings is 2. The Labute approximate surface area is 160 Å². The van der Waals surface area contributed by atoms with Gasteiger partial charge in [0.1, 0.15) is 11.5 Å². The molecule has 0 spiro atoms. The maximum absolute atomic E-state index is 12.6. The second-order valence-corrected chi connectivity index (χ2v) is 8.47. The van der Waals surface area contributed by atoms with Gasteiger partial charge in [-0.3, -0.25) is 4.79 Å². The lowest BCUT2D eigenvalue weighted by atomic mass is 10.3. The number of ether oxygens (including phenoxy) is 2. The fourth-order valence-electron chi connectivity index (χ4n) is 1.93. The summed E-state index contributed by atoms with van der Waals surface area (Å²) in [6.45, 7) is 1.22. The van der Waals surface area contributed by atoms with Crippen LogP contribution >= 0.6 is 34.8 Å². The Morgan fingerprint density at radius 1 is 1.04 bits per heavy atom. The fraction of sp³-hybridized carbons (Fsp3) is 0.188. The molecule has 0 aliphatic heterocycles. The highest BCUT2D eigenvalue weighted by Crippen LogP contribution is 2.35. The van der Waals surface area contributed by atoms with Crippen LogP contribution in [0.5, 0.6) is 11.5 Å². The largest absolute Gasteiger partial charge is 0.468 e. The maximum atomic E-state index is 12.6. The summed E-state index contributed by atoms with van der Waals surface area (Å²) < 4.78 is 35.3. The van der Waals surface area contributed by atoms with Gasteiger partial charge in [0.15, 0.2) is 15.1 Å². The summed E-state index contributed by atoms with van der Waals surface area (Å²) in [5.74, 6) is -0.412. The maximum Gasteiger partial charge on any atom is 0.324 e. The fourth-order valence-corrected chi connectivity index (χ4v) is 4.17. The molecule has 1 atom stereocenters. The normalized spacial score (nSPS) is 12.5. The van der Waals surface area contributed by atoms with E-state index in [2.05, 4.69) is 4.74 Å². The van der Waals surface area contributed by atoms with Gasteiger partial charge in [-0.15, -0.1) is 0 Å². The van der Waals surface area contributed by atoms with Gasteiger partial charge in [0.25, 0.3) is 0 Å². The zero-order valence-corrected chi connectivity index (χ0v) is 16.2. The molecule has 0 saturated heterocycles. The van der Waals surface area contributed by atoms with Crippen LogP contribution in [0, 0.1) is 0 Å². The number of sulfone groups is 1. The molecule has 9 heteroatoms. The van der Waals surface area contributed by atoms with Gasteiger partial charge in [-0.1, -0.05) is 34.8 Å². The molecule has 0 aromatic heterocycles. The van der Waals surface area contributed by atoms with Crippen LogP contribution in [0.2, 0.25) is 15.1 Å². The lowest BCUT2D eigenvalue weighted by Crippen LogP contribution is -2.28. The quantitative estimate of drug-likeness (QED) is 0.648. The minimum absolute atomic E-state index is 0.0368. The van der Waals surface area contributed by atoms with E-state index < -0.39 is 21.1 Å². The third-order valence-corrected chi connectivity index (χ3v) is 6.38. The van der Waals surface area contributed by atoms with E-state index in [-0.39, 0.29) is 26.4 Å². The molecule has 0 fully saturated rings. The van der Waals surface area contributed by atoms with Gasteiger partial charge in [-0.25, -0.2) is 8.42 Å². The van der Waals surface area contributed by atoms with Gasteiger partial charge >= 0.3 is 5.97 Å². The van der Waals surface area contributed by atoms with Gasteiger partial charge in [-0.05, 0) is 37.3 Å². The van der Waals surface area contributed by atoms with Crippen molar-refractivity contribution in [1.82, 2.24) is 0 Å². The van der Waals surface area contributed by atoms with Crippen molar-refractivity contribution >= 4 is 50.6 Å². The lowest BCUT2D eigenvalue weighted by molar-refractivity contribution is -0.139. The minimum Gasteiger partial charge on any atom is -0.468 e. The summed E-state index contributed by atoms with van der Waals surface area (Å²) >= 11 is 17.9. The molecule has 0 aliphatic rings. The van der Waals surface area contributed by atoms with Gasteiger partial charge in [0.05, 0.1) is 22.1 Å². The first-order chi connectivity index (χ1) is 11.7. The van der Waals surface area contributed by atoms with Gasteiger partial charge in [-0.2, -0.15) is 0 Å². The summed E-state index contributed by atoms with van der Waals surface area (Å²) in [5, 5.41) is -0.756. The van der Waals surface area contributed by atoms with E-state index in [0.29, 0.717) is 5.02 Å².